The molecular formula is C16H24O2. The Kier molecular flexibility index (Phi) is 4.65. The van der Waals surface area contributed by atoms with Gasteiger partial charge in [0.15, 0.2) is 0 Å². The second-order valence-electron chi connectivity index (χ2n) is 5.39. The lowest BCUT2D eigenvalue weighted by Crippen LogP contribution is -2.34. The number of aliphatic hydroxyl groups is 1. The van der Waals surface area contributed by atoms with Crippen LogP contribution in [0.15, 0.2) is 24.3 Å². The first-order valence-electron chi connectivity index (χ1n) is 7.15. The van der Waals surface area contributed by atoms with Crippen molar-refractivity contribution in [2.45, 2.75) is 64.1 Å². The number of rotatable bonds is 4. The standard InChI is InChI=1S/C16H24O2/c1-3-12(2)13-8-10-14(11-9-13)18-16-7-5-4-6-15(16)17/h8-12,15-17H,3-7H2,1-2H3. The first-order chi connectivity index (χ1) is 8.70. The normalized spacial score (nSPS) is 25.7. The Labute approximate surface area is 110 Å². The van der Waals surface area contributed by atoms with Crippen molar-refractivity contribution in [2.24, 2.45) is 0 Å². The lowest BCUT2D eigenvalue weighted by molar-refractivity contribution is 0.00686. The Morgan fingerprint density at radius 1 is 1.22 bits per heavy atom. The summed E-state index contributed by atoms with van der Waals surface area (Å²) in [6, 6.07) is 8.34. The van der Waals surface area contributed by atoms with Gasteiger partial charge in [-0.15, -0.1) is 0 Å². The molecule has 1 fully saturated rings. The summed E-state index contributed by atoms with van der Waals surface area (Å²) in [7, 11) is 0. The lowest BCUT2D eigenvalue weighted by Gasteiger charge is -2.28. The zero-order chi connectivity index (χ0) is 13.0. The highest BCUT2D eigenvalue weighted by atomic mass is 16.5. The quantitative estimate of drug-likeness (QED) is 0.876. The lowest BCUT2D eigenvalue weighted by atomic mass is 9.94. The van der Waals surface area contributed by atoms with Crippen molar-refractivity contribution in [1.82, 2.24) is 0 Å². The van der Waals surface area contributed by atoms with Gasteiger partial charge in [0.2, 0.25) is 0 Å². The smallest absolute Gasteiger partial charge is 0.124 e. The first-order valence-corrected chi connectivity index (χ1v) is 7.15. The average molecular weight is 248 g/mol. The van der Waals surface area contributed by atoms with E-state index in [0.717, 1.165) is 37.9 Å². The van der Waals surface area contributed by atoms with E-state index in [1.54, 1.807) is 0 Å². The Hall–Kier alpha value is -1.02. The van der Waals surface area contributed by atoms with Crippen LogP contribution in [0.25, 0.3) is 0 Å². The Bertz CT molecular complexity index is 358. The van der Waals surface area contributed by atoms with Crippen LogP contribution in [-0.2, 0) is 0 Å². The predicted octanol–water partition coefficient (Wildman–Crippen LogP) is 3.88. The largest absolute Gasteiger partial charge is 0.488 e. The summed E-state index contributed by atoms with van der Waals surface area (Å²) >= 11 is 0. The molecule has 0 spiro atoms. The molecule has 2 rings (SSSR count). The van der Waals surface area contributed by atoms with Gasteiger partial charge in [0, 0.05) is 0 Å². The third-order valence-corrected chi connectivity index (χ3v) is 4.02. The maximum atomic E-state index is 9.89. The summed E-state index contributed by atoms with van der Waals surface area (Å²) in [6.07, 6.45) is 4.95. The minimum Gasteiger partial charge on any atom is -0.488 e. The predicted molar refractivity (Wildman–Crippen MR) is 74.0 cm³/mol. The van der Waals surface area contributed by atoms with E-state index in [0.29, 0.717) is 5.92 Å². The molecule has 1 saturated carbocycles. The van der Waals surface area contributed by atoms with Gasteiger partial charge in [-0.1, -0.05) is 32.4 Å². The Morgan fingerprint density at radius 3 is 2.50 bits per heavy atom. The van der Waals surface area contributed by atoms with Crippen LogP contribution in [0.2, 0.25) is 0 Å². The number of hydrogen-bond donors (Lipinski definition) is 1. The molecular weight excluding hydrogens is 224 g/mol. The van der Waals surface area contributed by atoms with Crippen LogP contribution in [0.5, 0.6) is 5.75 Å². The fourth-order valence-electron chi connectivity index (χ4n) is 2.50. The van der Waals surface area contributed by atoms with Gasteiger partial charge < -0.3 is 9.84 Å². The van der Waals surface area contributed by atoms with Crippen LogP contribution in [-0.4, -0.2) is 17.3 Å². The SMILES string of the molecule is CCC(C)c1ccc(OC2CCCCC2O)cc1. The van der Waals surface area contributed by atoms with Crippen molar-refractivity contribution in [3.63, 3.8) is 0 Å². The van der Waals surface area contributed by atoms with Crippen LogP contribution in [0.3, 0.4) is 0 Å². The van der Waals surface area contributed by atoms with Crippen LogP contribution < -0.4 is 4.74 Å². The molecule has 1 aliphatic carbocycles. The molecule has 100 valence electrons. The van der Waals surface area contributed by atoms with Gasteiger partial charge in [0.25, 0.3) is 0 Å². The van der Waals surface area contributed by atoms with Crippen molar-refractivity contribution in [3.8, 4) is 5.75 Å². The van der Waals surface area contributed by atoms with Gasteiger partial charge in [-0.3, -0.25) is 0 Å². The van der Waals surface area contributed by atoms with Gasteiger partial charge in [-0.25, -0.2) is 0 Å². The molecule has 0 amide bonds. The third-order valence-electron chi connectivity index (χ3n) is 4.02. The van der Waals surface area contributed by atoms with Crippen molar-refractivity contribution in [2.75, 3.05) is 0 Å². The van der Waals surface area contributed by atoms with E-state index >= 15 is 0 Å². The highest BCUT2D eigenvalue weighted by molar-refractivity contribution is 5.29. The number of ether oxygens (including phenoxy) is 1. The molecule has 0 aromatic heterocycles. The zero-order valence-corrected chi connectivity index (χ0v) is 11.4. The molecule has 18 heavy (non-hydrogen) atoms. The van der Waals surface area contributed by atoms with Crippen molar-refractivity contribution in [1.29, 1.82) is 0 Å². The Morgan fingerprint density at radius 2 is 1.89 bits per heavy atom. The van der Waals surface area contributed by atoms with Crippen LogP contribution in [0.1, 0.15) is 57.4 Å². The fraction of sp³-hybridized carbons (Fsp3) is 0.625. The van der Waals surface area contributed by atoms with E-state index in [2.05, 4.69) is 26.0 Å². The van der Waals surface area contributed by atoms with Gasteiger partial charge in [-0.2, -0.15) is 0 Å². The van der Waals surface area contributed by atoms with E-state index in [1.807, 2.05) is 12.1 Å². The fourth-order valence-corrected chi connectivity index (χ4v) is 2.50. The highest BCUT2D eigenvalue weighted by Gasteiger charge is 2.24. The second-order valence-corrected chi connectivity index (χ2v) is 5.39. The van der Waals surface area contributed by atoms with Crippen molar-refractivity contribution < 1.29 is 9.84 Å². The molecule has 2 heteroatoms. The summed E-state index contributed by atoms with van der Waals surface area (Å²) in [5.41, 5.74) is 1.36. The van der Waals surface area contributed by atoms with Crippen LogP contribution in [0, 0.1) is 0 Å². The summed E-state index contributed by atoms with van der Waals surface area (Å²) < 4.78 is 5.89. The molecule has 0 saturated heterocycles. The van der Waals surface area contributed by atoms with Gasteiger partial charge >= 0.3 is 0 Å². The third kappa shape index (κ3) is 3.26. The number of aliphatic hydroxyl groups excluding tert-OH is 1. The Balaban J connectivity index is 1.97. The highest BCUT2D eigenvalue weighted by Crippen LogP contribution is 2.26. The molecule has 2 nitrogen and oxygen atoms in total. The summed E-state index contributed by atoms with van der Waals surface area (Å²) in [6.45, 7) is 4.44. The maximum Gasteiger partial charge on any atom is 0.124 e. The first kappa shape index (κ1) is 13.4. The van der Waals surface area contributed by atoms with E-state index in [-0.39, 0.29) is 12.2 Å². The minimum atomic E-state index is -0.298. The maximum absolute atomic E-state index is 9.89. The molecule has 1 aromatic rings. The molecule has 1 aromatic carbocycles. The monoisotopic (exact) mass is 248 g/mol. The van der Waals surface area contributed by atoms with Crippen molar-refractivity contribution >= 4 is 0 Å². The topological polar surface area (TPSA) is 29.5 Å². The number of benzene rings is 1. The summed E-state index contributed by atoms with van der Waals surface area (Å²) in [5, 5.41) is 9.89. The van der Waals surface area contributed by atoms with Crippen LogP contribution >= 0.6 is 0 Å². The molecule has 0 bridgehead atoms. The molecule has 1 N–H and O–H groups in total. The average Bonchev–Trinajstić information content (AvgIpc) is 2.41. The van der Waals surface area contributed by atoms with Crippen LogP contribution in [0.4, 0.5) is 0 Å². The molecule has 3 unspecified atom stereocenters. The number of hydrogen-bond acceptors (Lipinski definition) is 2. The van der Waals surface area contributed by atoms with Gasteiger partial charge in [0.1, 0.15) is 11.9 Å². The van der Waals surface area contributed by atoms with E-state index in [9.17, 15) is 5.11 Å². The zero-order valence-electron chi connectivity index (χ0n) is 11.4. The van der Waals surface area contributed by atoms with Gasteiger partial charge in [-0.05, 0) is 49.3 Å². The second kappa shape index (κ2) is 6.24. The minimum absolute atomic E-state index is 0.0202. The van der Waals surface area contributed by atoms with Gasteiger partial charge in [0.05, 0.1) is 6.10 Å². The van der Waals surface area contributed by atoms with E-state index in [4.69, 9.17) is 4.74 Å². The molecule has 0 heterocycles. The van der Waals surface area contributed by atoms with E-state index in [1.165, 1.54) is 5.56 Å². The van der Waals surface area contributed by atoms with E-state index < -0.39 is 0 Å². The molecule has 3 atom stereocenters. The summed E-state index contributed by atoms with van der Waals surface area (Å²) in [5.74, 6) is 1.48. The summed E-state index contributed by atoms with van der Waals surface area (Å²) in [4.78, 5) is 0. The molecule has 0 aliphatic heterocycles. The molecule has 0 radical (unpaired) electrons. The molecule has 1 aliphatic rings. The van der Waals surface area contributed by atoms with Crippen molar-refractivity contribution in [3.05, 3.63) is 29.8 Å².